The van der Waals surface area contributed by atoms with Crippen molar-refractivity contribution in [2.75, 3.05) is 18.5 Å². The summed E-state index contributed by atoms with van der Waals surface area (Å²) in [5.74, 6) is 1.07. The fourth-order valence-corrected chi connectivity index (χ4v) is 1.44. The molecule has 2 aromatic rings. The quantitative estimate of drug-likeness (QED) is 0.719. The van der Waals surface area contributed by atoms with E-state index >= 15 is 0 Å². The Morgan fingerprint density at radius 2 is 2.29 bits per heavy atom. The summed E-state index contributed by atoms with van der Waals surface area (Å²) in [5, 5.41) is 4.30. The topological polar surface area (TPSA) is 33.4 Å². The zero-order chi connectivity index (χ0) is 10.1. The second-order valence-electron chi connectivity index (χ2n) is 3.38. The van der Waals surface area contributed by atoms with Gasteiger partial charge in [-0.15, -0.1) is 0 Å². The smallest absolute Gasteiger partial charge is 0.160 e. The van der Waals surface area contributed by atoms with Crippen LogP contribution in [0.4, 0.5) is 5.82 Å². The minimum Gasteiger partial charge on any atom is -0.360 e. The van der Waals surface area contributed by atoms with Crippen LogP contribution >= 0.6 is 0 Å². The van der Waals surface area contributed by atoms with Crippen LogP contribution in [0.3, 0.4) is 0 Å². The zero-order valence-electron chi connectivity index (χ0n) is 8.73. The summed E-state index contributed by atoms with van der Waals surface area (Å²) >= 11 is 0. The molecule has 0 unspecified atom stereocenters. The Kier molecular flexibility index (Phi) is 2.11. The summed E-state index contributed by atoms with van der Waals surface area (Å²) in [6.45, 7) is 5.09. The standard InChI is InChI=1S/C10H14N4/c1-4-13(3)9-5-6-11-10-8(2)7-12-14(9)10/h5-7H,4H2,1-3H3. The van der Waals surface area contributed by atoms with Gasteiger partial charge in [0.2, 0.25) is 0 Å². The van der Waals surface area contributed by atoms with Crippen molar-refractivity contribution in [2.24, 2.45) is 0 Å². The highest BCUT2D eigenvalue weighted by Gasteiger charge is 2.07. The lowest BCUT2D eigenvalue weighted by Crippen LogP contribution is -2.19. The Morgan fingerprint density at radius 1 is 1.50 bits per heavy atom. The van der Waals surface area contributed by atoms with Gasteiger partial charge >= 0.3 is 0 Å². The molecule has 0 N–H and O–H groups in total. The third-order valence-corrected chi connectivity index (χ3v) is 2.42. The molecule has 0 aliphatic carbocycles. The predicted molar refractivity (Wildman–Crippen MR) is 56.7 cm³/mol. The molecule has 74 valence electrons. The fraction of sp³-hybridized carbons (Fsp3) is 0.400. The van der Waals surface area contributed by atoms with E-state index in [0.29, 0.717) is 0 Å². The van der Waals surface area contributed by atoms with E-state index in [1.807, 2.05) is 36.9 Å². The molecule has 2 aromatic heterocycles. The van der Waals surface area contributed by atoms with Gasteiger partial charge in [0.15, 0.2) is 5.65 Å². The SMILES string of the molecule is CCN(C)c1ccnc2c(C)cnn12. The monoisotopic (exact) mass is 190 g/mol. The molecule has 0 saturated heterocycles. The van der Waals surface area contributed by atoms with Gasteiger partial charge in [-0.25, -0.2) is 4.98 Å². The van der Waals surface area contributed by atoms with Crippen molar-refractivity contribution in [3.8, 4) is 0 Å². The minimum absolute atomic E-state index is 0.933. The first-order chi connectivity index (χ1) is 6.74. The van der Waals surface area contributed by atoms with E-state index in [2.05, 4.69) is 21.9 Å². The van der Waals surface area contributed by atoms with Gasteiger partial charge in [-0.05, 0) is 19.9 Å². The molecule has 0 fully saturated rings. The van der Waals surface area contributed by atoms with Crippen molar-refractivity contribution in [3.05, 3.63) is 24.0 Å². The predicted octanol–water partition coefficient (Wildman–Crippen LogP) is 1.49. The maximum absolute atomic E-state index is 4.30. The molecular formula is C10H14N4. The Morgan fingerprint density at radius 3 is 3.00 bits per heavy atom. The Balaban J connectivity index is 2.65. The van der Waals surface area contributed by atoms with Gasteiger partial charge < -0.3 is 4.90 Å². The molecule has 0 aromatic carbocycles. The lowest BCUT2D eigenvalue weighted by Gasteiger charge is -2.17. The summed E-state index contributed by atoms with van der Waals surface area (Å²) < 4.78 is 1.87. The summed E-state index contributed by atoms with van der Waals surface area (Å²) in [6.07, 6.45) is 3.67. The van der Waals surface area contributed by atoms with Crippen LogP contribution in [0.1, 0.15) is 12.5 Å². The highest BCUT2D eigenvalue weighted by atomic mass is 15.3. The maximum atomic E-state index is 4.30. The van der Waals surface area contributed by atoms with E-state index < -0.39 is 0 Å². The van der Waals surface area contributed by atoms with Crippen molar-refractivity contribution < 1.29 is 0 Å². The summed E-state index contributed by atoms with van der Waals surface area (Å²) in [7, 11) is 2.05. The third-order valence-electron chi connectivity index (χ3n) is 2.42. The molecule has 0 spiro atoms. The van der Waals surface area contributed by atoms with Crippen LogP contribution in [0.2, 0.25) is 0 Å². The lowest BCUT2D eigenvalue weighted by atomic mass is 10.4. The van der Waals surface area contributed by atoms with Crippen LogP contribution in [0, 0.1) is 6.92 Å². The number of hydrogen-bond acceptors (Lipinski definition) is 3. The molecule has 0 saturated carbocycles. The fourth-order valence-electron chi connectivity index (χ4n) is 1.44. The van der Waals surface area contributed by atoms with Crippen molar-refractivity contribution in [1.29, 1.82) is 0 Å². The van der Waals surface area contributed by atoms with Crippen molar-refractivity contribution in [1.82, 2.24) is 14.6 Å². The summed E-state index contributed by atoms with van der Waals surface area (Å²) in [4.78, 5) is 6.43. The van der Waals surface area contributed by atoms with Gasteiger partial charge in [0, 0.05) is 25.4 Å². The number of fused-ring (bicyclic) bond motifs is 1. The molecule has 4 heteroatoms. The van der Waals surface area contributed by atoms with E-state index in [9.17, 15) is 0 Å². The van der Waals surface area contributed by atoms with Crippen LogP contribution in [0.15, 0.2) is 18.5 Å². The average molecular weight is 190 g/mol. The second kappa shape index (κ2) is 3.29. The first kappa shape index (κ1) is 8.99. The maximum Gasteiger partial charge on any atom is 0.160 e. The first-order valence-corrected chi connectivity index (χ1v) is 4.74. The second-order valence-corrected chi connectivity index (χ2v) is 3.38. The number of aromatic nitrogens is 3. The minimum atomic E-state index is 0.933. The van der Waals surface area contributed by atoms with Crippen LogP contribution in [0.5, 0.6) is 0 Å². The largest absolute Gasteiger partial charge is 0.360 e. The van der Waals surface area contributed by atoms with E-state index in [1.165, 1.54) is 0 Å². The average Bonchev–Trinajstić information content (AvgIpc) is 2.59. The first-order valence-electron chi connectivity index (χ1n) is 4.74. The Hall–Kier alpha value is -1.58. The number of rotatable bonds is 2. The van der Waals surface area contributed by atoms with Crippen LogP contribution in [0.25, 0.3) is 5.65 Å². The molecule has 0 amide bonds. The number of aryl methyl sites for hydroxylation is 1. The van der Waals surface area contributed by atoms with Gasteiger partial charge in [0.1, 0.15) is 5.82 Å². The molecule has 4 nitrogen and oxygen atoms in total. The van der Waals surface area contributed by atoms with E-state index in [4.69, 9.17) is 0 Å². The van der Waals surface area contributed by atoms with Gasteiger partial charge in [-0.3, -0.25) is 0 Å². The molecule has 0 aliphatic rings. The summed E-state index contributed by atoms with van der Waals surface area (Å²) in [6, 6.07) is 1.98. The van der Waals surface area contributed by atoms with Gasteiger partial charge in [0.05, 0.1) is 6.20 Å². The zero-order valence-corrected chi connectivity index (χ0v) is 8.73. The molecule has 0 radical (unpaired) electrons. The van der Waals surface area contributed by atoms with E-state index in [0.717, 1.165) is 23.6 Å². The van der Waals surface area contributed by atoms with Crippen molar-refractivity contribution in [3.63, 3.8) is 0 Å². The van der Waals surface area contributed by atoms with Crippen molar-refractivity contribution >= 4 is 11.5 Å². The Bertz CT molecular complexity index is 446. The molecule has 2 rings (SSSR count). The molecule has 14 heavy (non-hydrogen) atoms. The molecule has 0 aliphatic heterocycles. The molecule has 2 heterocycles. The van der Waals surface area contributed by atoms with Crippen LogP contribution in [-0.4, -0.2) is 28.2 Å². The third kappa shape index (κ3) is 1.23. The lowest BCUT2D eigenvalue weighted by molar-refractivity contribution is 0.854. The van der Waals surface area contributed by atoms with Crippen LogP contribution < -0.4 is 4.90 Å². The van der Waals surface area contributed by atoms with Crippen LogP contribution in [-0.2, 0) is 0 Å². The number of hydrogen-bond donors (Lipinski definition) is 0. The van der Waals surface area contributed by atoms with Crippen molar-refractivity contribution in [2.45, 2.75) is 13.8 Å². The number of anilines is 1. The summed E-state index contributed by atoms with van der Waals surface area (Å²) in [5.41, 5.74) is 2.04. The molecule has 0 atom stereocenters. The van der Waals surface area contributed by atoms with E-state index in [1.54, 1.807) is 0 Å². The number of nitrogens with zero attached hydrogens (tertiary/aromatic N) is 4. The van der Waals surface area contributed by atoms with Gasteiger partial charge in [-0.1, -0.05) is 0 Å². The highest BCUT2D eigenvalue weighted by Crippen LogP contribution is 2.15. The van der Waals surface area contributed by atoms with Gasteiger partial charge in [0.25, 0.3) is 0 Å². The Labute approximate surface area is 83.2 Å². The molecule has 0 bridgehead atoms. The van der Waals surface area contributed by atoms with E-state index in [-0.39, 0.29) is 0 Å². The highest BCUT2D eigenvalue weighted by molar-refractivity contribution is 5.52. The van der Waals surface area contributed by atoms with Gasteiger partial charge in [-0.2, -0.15) is 9.61 Å². The molecular weight excluding hydrogens is 176 g/mol. The normalized spacial score (nSPS) is 10.8.